The highest BCUT2D eigenvalue weighted by Gasteiger charge is 2.10. The van der Waals surface area contributed by atoms with Gasteiger partial charge >= 0.3 is 0 Å². The Balaban J connectivity index is 1.87. The van der Waals surface area contributed by atoms with E-state index in [1.807, 2.05) is 42.5 Å². The van der Waals surface area contributed by atoms with Crippen LogP contribution in [0.3, 0.4) is 0 Å². The smallest absolute Gasteiger partial charge is 0.266 e. The highest BCUT2D eigenvalue weighted by Crippen LogP contribution is 2.25. The van der Waals surface area contributed by atoms with E-state index < -0.39 is 0 Å². The van der Waals surface area contributed by atoms with Crippen molar-refractivity contribution in [3.05, 3.63) is 58.0 Å². The van der Waals surface area contributed by atoms with E-state index in [1.54, 1.807) is 6.07 Å². The molecule has 0 bridgehead atoms. The van der Waals surface area contributed by atoms with Crippen molar-refractivity contribution in [2.75, 3.05) is 5.32 Å². The fraction of sp³-hybridized carbons (Fsp3) is 0. The van der Waals surface area contributed by atoms with Crippen LogP contribution in [0.1, 0.15) is 9.67 Å². The zero-order valence-electron chi connectivity index (χ0n) is 9.76. The standard InChI is InChI=1S/C14H9BrN2OS/c15-12-6-3-7-13(16-12)17-14(18)11-8-9-4-1-2-5-10(9)19-11/h1-8H,(H,16,17,18). The number of amides is 1. The number of nitrogens with one attached hydrogen (secondary N) is 1. The van der Waals surface area contributed by atoms with E-state index in [2.05, 4.69) is 26.2 Å². The first-order valence-electron chi connectivity index (χ1n) is 5.65. The quantitative estimate of drug-likeness (QED) is 0.710. The molecule has 1 aromatic carbocycles. The molecule has 0 spiro atoms. The van der Waals surface area contributed by atoms with E-state index in [1.165, 1.54) is 11.3 Å². The van der Waals surface area contributed by atoms with Crippen LogP contribution in [0.25, 0.3) is 10.1 Å². The normalized spacial score (nSPS) is 10.6. The van der Waals surface area contributed by atoms with Gasteiger partial charge in [0.05, 0.1) is 4.88 Å². The molecule has 3 nitrogen and oxygen atoms in total. The van der Waals surface area contributed by atoms with E-state index in [0.29, 0.717) is 15.3 Å². The maximum Gasteiger partial charge on any atom is 0.266 e. The number of benzene rings is 1. The van der Waals surface area contributed by atoms with Crippen LogP contribution in [0.2, 0.25) is 0 Å². The van der Waals surface area contributed by atoms with Gasteiger partial charge in [-0.25, -0.2) is 4.98 Å². The number of carbonyl (C=O) groups excluding carboxylic acids is 1. The lowest BCUT2D eigenvalue weighted by atomic mass is 10.2. The number of pyridine rings is 1. The molecule has 5 heteroatoms. The summed E-state index contributed by atoms with van der Waals surface area (Å²) in [7, 11) is 0. The highest BCUT2D eigenvalue weighted by molar-refractivity contribution is 9.10. The number of fused-ring (bicyclic) bond motifs is 1. The number of hydrogen-bond donors (Lipinski definition) is 1. The Morgan fingerprint density at radius 3 is 2.79 bits per heavy atom. The number of halogens is 1. The van der Waals surface area contributed by atoms with E-state index in [0.717, 1.165) is 10.1 Å². The van der Waals surface area contributed by atoms with Gasteiger partial charge in [0, 0.05) is 4.70 Å². The average molecular weight is 333 g/mol. The minimum absolute atomic E-state index is 0.133. The molecule has 0 saturated heterocycles. The summed E-state index contributed by atoms with van der Waals surface area (Å²) in [5, 5.41) is 3.87. The molecule has 0 saturated carbocycles. The predicted molar refractivity (Wildman–Crippen MR) is 81.7 cm³/mol. The lowest BCUT2D eigenvalue weighted by Gasteiger charge is -2.02. The molecule has 0 aliphatic rings. The van der Waals surface area contributed by atoms with Crippen LogP contribution < -0.4 is 5.32 Å². The molecule has 0 fully saturated rings. The van der Waals surface area contributed by atoms with Gasteiger partial charge in [-0.05, 0) is 45.6 Å². The molecule has 94 valence electrons. The molecule has 19 heavy (non-hydrogen) atoms. The van der Waals surface area contributed by atoms with Gasteiger partial charge in [-0.15, -0.1) is 11.3 Å². The monoisotopic (exact) mass is 332 g/mol. The average Bonchev–Trinajstić information content (AvgIpc) is 2.82. The van der Waals surface area contributed by atoms with Crippen LogP contribution >= 0.6 is 27.3 Å². The van der Waals surface area contributed by atoms with Gasteiger partial charge in [0.15, 0.2) is 0 Å². The second-order valence-corrected chi connectivity index (χ2v) is 5.84. The Morgan fingerprint density at radius 1 is 1.16 bits per heavy atom. The summed E-state index contributed by atoms with van der Waals surface area (Å²) in [5.41, 5.74) is 0. The summed E-state index contributed by atoms with van der Waals surface area (Å²) in [6, 6.07) is 15.2. The zero-order valence-corrected chi connectivity index (χ0v) is 12.2. The van der Waals surface area contributed by atoms with E-state index in [9.17, 15) is 4.79 Å². The van der Waals surface area contributed by atoms with Crippen LogP contribution in [0.4, 0.5) is 5.82 Å². The molecule has 3 aromatic rings. The van der Waals surface area contributed by atoms with Crippen LogP contribution in [-0.4, -0.2) is 10.9 Å². The Labute approximate surface area is 122 Å². The van der Waals surface area contributed by atoms with Crippen LogP contribution in [0.15, 0.2) is 53.1 Å². The second kappa shape index (κ2) is 5.11. The van der Waals surface area contributed by atoms with Crippen molar-refractivity contribution in [2.24, 2.45) is 0 Å². The molecule has 0 atom stereocenters. The third-order valence-corrected chi connectivity index (χ3v) is 4.16. The van der Waals surface area contributed by atoms with E-state index in [-0.39, 0.29) is 5.91 Å². The number of thiophene rings is 1. The van der Waals surface area contributed by atoms with Gasteiger partial charge in [-0.2, -0.15) is 0 Å². The van der Waals surface area contributed by atoms with Crippen molar-refractivity contribution in [3.8, 4) is 0 Å². The number of anilines is 1. The Hall–Kier alpha value is -1.72. The largest absolute Gasteiger partial charge is 0.306 e. The van der Waals surface area contributed by atoms with Gasteiger partial charge in [0.2, 0.25) is 0 Å². The summed E-state index contributed by atoms with van der Waals surface area (Å²) in [5.74, 6) is 0.406. The van der Waals surface area contributed by atoms with Crippen molar-refractivity contribution in [3.63, 3.8) is 0 Å². The number of nitrogens with zero attached hydrogens (tertiary/aromatic N) is 1. The second-order valence-electron chi connectivity index (χ2n) is 3.95. The van der Waals surface area contributed by atoms with Gasteiger partial charge in [0.1, 0.15) is 10.4 Å². The minimum atomic E-state index is -0.133. The molecule has 0 unspecified atom stereocenters. The topological polar surface area (TPSA) is 42.0 Å². The van der Waals surface area contributed by atoms with Crippen LogP contribution in [0, 0.1) is 0 Å². The number of hydrogen-bond acceptors (Lipinski definition) is 3. The summed E-state index contributed by atoms with van der Waals surface area (Å²) in [4.78, 5) is 17.0. The van der Waals surface area contributed by atoms with Crippen molar-refractivity contribution in [1.29, 1.82) is 0 Å². The molecular weight excluding hydrogens is 324 g/mol. The zero-order chi connectivity index (χ0) is 13.2. The summed E-state index contributed by atoms with van der Waals surface area (Å²) >= 11 is 4.75. The van der Waals surface area contributed by atoms with Crippen molar-refractivity contribution in [2.45, 2.75) is 0 Å². The molecule has 2 aromatic heterocycles. The maximum absolute atomic E-state index is 12.1. The third kappa shape index (κ3) is 2.67. The fourth-order valence-electron chi connectivity index (χ4n) is 1.75. The van der Waals surface area contributed by atoms with Crippen molar-refractivity contribution < 1.29 is 4.79 Å². The van der Waals surface area contributed by atoms with E-state index >= 15 is 0 Å². The lowest BCUT2D eigenvalue weighted by Crippen LogP contribution is -2.11. The molecule has 0 aliphatic heterocycles. The van der Waals surface area contributed by atoms with Crippen LogP contribution in [0.5, 0.6) is 0 Å². The lowest BCUT2D eigenvalue weighted by molar-refractivity contribution is 0.103. The van der Waals surface area contributed by atoms with Crippen molar-refractivity contribution in [1.82, 2.24) is 4.98 Å². The first-order valence-corrected chi connectivity index (χ1v) is 7.26. The molecule has 0 aliphatic carbocycles. The molecule has 1 N–H and O–H groups in total. The summed E-state index contributed by atoms with van der Waals surface area (Å²) in [6.07, 6.45) is 0. The number of carbonyl (C=O) groups is 1. The Morgan fingerprint density at radius 2 is 2.00 bits per heavy atom. The predicted octanol–water partition coefficient (Wildman–Crippen LogP) is 4.31. The Kier molecular flexibility index (Phi) is 3.31. The van der Waals surface area contributed by atoms with Gasteiger partial charge in [-0.1, -0.05) is 24.3 Å². The first kappa shape index (κ1) is 12.3. The molecule has 0 radical (unpaired) electrons. The van der Waals surface area contributed by atoms with Gasteiger partial charge in [0.25, 0.3) is 5.91 Å². The van der Waals surface area contributed by atoms with Crippen molar-refractivity contribution >= 4 is 49.1 Å². The Bertz CT molecular complexity index is 721. The SMILES string of the molecule is O=C(Nc1cccc(Br)n1)c1cc2ccccc2s1. The number of rotatable bonds is 2. The first-order chi connectivity index (χ1) is 9.22. The minimum Gasteiger partial charge on any atom is -0.306 e. The fourth-order valence-corrected chi connectivity index (χ4v) is 3.05. The molecular formula is C14H9BrN2OS. The van der Waals surface area contributed by atoms with E-state index in [4.69, 9.17) is 0 Å². The highest BCUT2D eigenvalue weighted by atomic mass is 79.9. The van der Waals surface area contributed by atoms with Gasteiger partial charge in [-0.3, -0.25) is 4.79 Å². The molecule has 2 heterocycles. The third-order valence-electron chi connectivity index (χ3n) is 2.61. The number of aromatic nitrogens is 1. The summed E-state index contributed by atoms with van der Waals surface area (Å²) in [6.45, 7) is 0. The summed E-state index contributed by atoms with van der Waals surface area (Å²) < 4.78 is 1.80. The molecule has 1 amide bonds. The van der Waals surface area contributed by atoms with Crippen LogP contribution in [-0.2, 0) is 0 Å². The maximum atomic E-state index is 12.1. The molecule has 3 rings (SSSR count). The van der Waals surface area contributed by atoms with Gasteiger partial charge < -0.3 is 5.32 Å².